The summed E-state index contributed by atoms with van der Waals surface area (Å²) in [5, 5.41) is 0. The number of benzene rings is 1. The van der Waals surface area contributed by atoms with Gasteiger partial charge in [-0.2, -0.15) is 0 Å². The van der Waals surface area contributed by atoms with Gasteiger partial charge in [0.1, 0.15) is 19.6 Å². The number of rotatable bonds is 6. The molecule has 3 fully saturated rings. The lowest BCUT2D eigenvalue weighted by atomic mass is 9.87. The van der Waals surface area contributed by atoms with Crippen LogP contribution in [0.25, 0.3) is 0 Å². The standard InChI is InChI=1S/C24H39N3.3C2H6/c1-19-22(16-25-10-4-5-11-25)20(2)24(18-27-14-8-9-15-27)21(3)23(19)17-26-12-6-7-13-26;3*1-2/h4-18H2,1-3H3;3*1-2H3/p+3. The molecule has 0 spiro atoms. The third kappa shape index (κ3) is 8.37. The monoisotopic (exact) mass is 462 g/mol. The van der Waals surface area contributed by atoms with Crippen LogP contribution in [0.3, 0.4) is 0 Å². The molecule has 0 unspecified atom stereocenters. The van der Waals surface area contributed by atoms with Gasteiger partial charge in [-0.25, -0.2) is 0 Å². The molecule has 3 heterocycles. The maximum Gasteiger partial charge on any atom is 0.103 e. The largest absolute Gasteiger partial charge is 0.331 e. The SMILES string of the molecule is CC.CC.CC.Cc1c(C[NH+]2CCCC2)c(C)c(C[NH+]2CCCC2)c(C)c1C[NH+]1CCCC1. The molecule has 33 heavy (non-hydrogen) atoms. The van der Waals surface area contributed by atoms with Crippen molar-refractivity contribution in [2.24, 2.45) is 0 Å². The van der Waals surface area contributed by atoms with Gasteiger partial charge in [0.15, 0.2) is 0 Å². The molecule has 0 atom stereocenters. The second-order valence-corrected chi connectivity index (χ2v) is 9.71. The third-order valence-electron chi connectivity index (χ3n) is 7.93. The Balaban J connectivity index is 0.000000841. The van der Waals surface area contributed by atoms with Gasteiger partial charge in [-0.3, -0.25) is 0 Å². The number of likely N-dealkylation sites (tertiary alicyclic amines) is 3. The van der Waals surface area contributed by atoms with E-state index >= 15 is 0 Å². The van der Waals surface area contributed by atoms with E-state index in [0.29, 0.717) is 0 Å². The lowest BCUT2D eigenvalue weighted by Crippen LogP contribution is -3.09. The van der Waals surface area contributed by atoms with Crippen LogP contribution in [0.5, 0.6) is 0 Å². The fourth-order valence-electron chi connectivity index (χ4n) is 6.09. The predicted molar refractivity (Wildman–Crippen MR) is 146 cm³/mol. The van der Waals surface area contributed by atoms with Crippen LogP contribution in [0.15, 0.2) is 0 Å². The van der Waals surface area contributed by atoms with Crippen molar-refractivity contribution >= 4 is 0 Å². The summed E-state index contributed by atoms with van der Waals surface area (Å²) in [7, 11) is 0. The Kier molecular flexibility index (Phi) is 15.2. The number of hydrogen-bond acceptors (Lipinski definition) is 0. The quantitative estimate of drug-likeness (QED) is 0.575. The zero-order chi connectivity index (χ0) is 24.8. The Labute approximate surface area is 207 Å². The maximum absolute atomic E-state index is 2.45. The van der Waals surface area contributed by atoms with E-state index in [2.05, 4.69) is 20.8 Å². The molecule has 3 saturated heterocycles. The van der Waals surface area contributed by atoms with Crippen molar-refractivity contribution in [1.82, 2.24) is 0 Å². The summed E-state index contributed by atoms with van der Waals surface area (Å²) in [5.74, 6) is 0. The molecular formula is C30H60N3+3. The predicted octanol–water partition coefficient (Wildman–Crippen LogP) is 3.23. The summed E-state index contributed by atoms with van der Waals surface area (Å²) in [6.07, 6.45) is 8.55. The summed E-state index contributed by atoms with van der Waals surface area (Å²) >= 11 is 0. The third-order valence-corrected chi connectivity index (χ3v) is 7.93. The van der Waals surface area contributed by atoms with Crippen LogP contribution >= 0.6 is 0 Å². The van der Waals surface area contributed by atoms with Gasteiger partial charge in [-0.15, -0.1) is 0 Å². The van der Waals surface area contributed by atoms with E-state index in [1.165, 1.54) is 97.4 Å². The molecule has 4 rings (SSSR count). The van der Waals surface area contributed by atoms with Crippen molar-refractivity contribution < 1.29 is 14.7 Å². The van der Waals surface area contributed by atoms with E-state index in [0.717, 1.165) is 0 Å². The summed E-state index contributed by atoms with van der Waals surface area (Å²) in [5.41, 5.74) is 10.1. The van der Waals surface area contributed by atoms with E-state index in [1.54, 1.807) is 33.4 Å². The van der Waals surface area contributed by atoms with Gasteiger partial charge in [-0.1, -0.05) is 41.5 Å². The smallest absolute Gasteiger partial charge is 0.103 e. The van der Waals surface area contributed by atoms with Crippen LogP contribution in [0, 0.1) is 20.8 Å². The highest BCUT2D eigenvalue weighted by Crippen LogP contribution is 2.27. The number of nitrogens with one attached hydrogen (secondary N) is 3. The van der Waals surface area contributed by atoms with E-state index in [4.69, 9.17) is 0 Å². The summed E-state index contributed by atoms with van der Waals surface area (Å²) < 4.78 is 0. The molecule has 3 aliphatic rings. The van der Waals surface area contributed by atoms with Crippen LogP contribution in [0.2, 0.25) is 0 Å². The van der Waals surface area contributed by atoms with E-state index in [1.807, 2.05) is 56.2 Å². The van der Waals surface area contributed by atoms with E-state index in [-0.39, 0.29) is 0 Å². The minimum absolute atomic E-state index is 1.27. The summed E-state index contributed by atoms with van der Waals surface area (Å²) in [4.78, 5) is 5.47. The molecule has 192 valence electrons. The molecule has 0 amide bonds. The first-order valence-electron chi connectivity index (χ1n) is 14.7. The average molecular weight is 463 g/mol. The highest BCUT2D eigenvalue weighted by atomic mass is 15.1. The first-order chi connectivity index (χ1) is 16.1. The molecule has 3 N–H and O–H groups in total. The zero-order valence-electron chi connectivity index (χ0n) is 24.1. The van der Waals surface area contributed by atoms with Crippen molar-refractivity contribution in [1.29, 1.82) is 0 Å². The van der Waals surface area contributed by atoms with Crippen LogP contribution in [0.1, 0.15) is 113 Å². The molecule has 1 aromatic rings. The first kappa shape index (κ1) is 30.1. The fourth-order valence-corrected chi connectivity index (χ4v) is 6.09. The van der Waals surface area contributed by atoms with Gasteiger partial charge < -0.3 is 14.7 Å². The minimum Gasteiger partial charge on any atom is -0.331 e. The van der Waals surface area contributed by atoms with Crippen LogP contribution in [-0.4, -0.2) is 39.3 Å². The number of hydrogen-bond donors (Lipinski definition) is 3. The normalized spacial score (nSPS) is 18.8. The van der Waals surface area contributed by atoms with Crippen molar-refractivity contribution in [2.75, 3.05) is 39.3 Å². The van der Waals surface area contributed by atoms with E-state index < -0.39 is 0 Å². The van der Waals surface area contributed by atoms with Crippen LogP contribution in [-0.2, 0) is 19.6 Å². The molecule has 1 aromatic carbocycles. The lowest BCUT2D eigenvalue weighted by molar-refractivity contribution is -0.902. The van der Waals surface area contributed by atoms with Crippen LogP contribution in [0.4, 0.5) is 0 Å². The highest BCUT2D eigenvalue weighted by molar-refractivity contribution is 5.49. The number of quaternary nitrogens is 3. The zero-order valence-corrected chi connectivity index (χ0v) is 24.1. The van der Waals surface area contributed by atoms with E-state index in [9.17, 15) is 0 Å². The second-order valence-electron chi connectivity index (χ2n) is 9.71. The van der Waals surface area contributed by atoms with Crippen molar-refractivity contribution in [3.63, 3.8) is 0 Å². The molecule has 3 aliphatic heterocycles. The topological polar surface area (TPSA) is 13.3 Å². The van der Waals surface area contributed by atoms with Gasteiger partial charge in [0, 0.05) is 55.2 Å². The summed E-state index contributed by atoms with van der Waals surface area (Å²) in [6.45, 7) is 31.4. The van der Waals surface area contributed by atoms with Crippen molar-refractivity contribution in [3.05, 3.63) is 33.4 Å². The molecule has 0 aromatic heterocycles. The average Bonchev–Trinajstić information content (AvgIpc) is 3.66. The molecule has 3 heteroatoms. The van der Waals surface area contributed by atoms with Crippen molar-refractivity contribution in [3.8, 4) is 0 Å². The Morgan fingerprint density at radius 3 is 0.758 bits per heavy atom. The van der Waals surface area contributed by atoms with Gasteiger partial charge in [0.05, 0.1) is 39.3 Å². The molecule has 3 nitrogen and oxygen atoms in total. The van der Waals surface area contributed by atoms with Crippen LogP contribution < -0.4 is 14.7 Å². The van der Waals surface area contributed by atoms with Crippen molar-refractivity contribution in [2.45, 2.75) is 120 Å². The second kappa shape index (κ2) is 16.7. The van der Waals surface area contributed by atoms with Gasteiger partial charge in [0.25, 0.3) is 0 Å². The van der Waals surface area contributed by atoms with Gasteiger partial charge >= 0.3 is 0 Å². The molecular weight excluding hydrogens is 402 g/mol. The molecule has 0 bridgehead atoms. The lowest BCUT2D eigenvalue weighted by Gasteiger charge is -2.26. The highest BCUT2D eigenvalue weighted by Gasteiger charge is 2.27. The summed E-state index contributed by atoms with van der Waals surface area (Å²) in [6, 6.07) is 0. The minimum atomic E-state index is 1.27. The Hall–Kier alpha value is -0.900. The molecule has 0 radical (unpaired) electrons. The fraction of sp³-hybridized carbons (Fsp3) is 0.800. The Morgan fingerprint density at radius 1 is 0.394 bits per heavy atom. The Morgan fingerprint density at radius 2 is 0.576 bits per heavy atom. The molecule has 0 saturated carbocycles. The maximum atomic E-state index is 2.45. The first-order valence-corrected chi connectivity index (χ1v) is 14.7. The molecule has 0 aliphatic carbocycles. The Bertz CT molecular complexity index is 537. The van der Waals surface area contributed by atoms with Gasteiger partial charge in [-0.05, 0) is 37.5 Å². The van der Waals surface area contributed by atoms with Gasteiger partial charge in [0.2, 0.25) is 0 Å².